The van der Waals surface area contributed by atoms with Crippen molar-refractivity contribution in [2.45, 2.75) is 35.5 Å². The van der Waals surface area contributed by atoms with Crippen molar-refractivity contribution >= 4 is 21.6 Å². The molecule has 0 unspecified atom stereocenters. The van der Waals surface area contributed by atoms with Gasteiger partial charge < -0.3 is 4.90 Å². The highest BCUT2D eigenvalue weighted by molar-refractivity contribution is 7.91. The van der Waals surface area contributed by atoms with Gasteiger partial charge in [0.15, 0.2) is 0 Å². The van der Waals surface area contributed by atoms with Crippen LogP contribution in [-0.2, 0) is 9.84 Å². The van der Waals surface area contributed by atoms with Gasteiger partial charge in [0.2, 0.25) is 9.84 Å². The number of hydrogen-bond acceptors (Lipinski definition) is 5. The quantitative estimate of drug-likeness (QED) is 0.751. The molecule has 5 nitrogen and oxygen atoms in total. The van der Waals surface area contributed by atoms with Crippen LogP contribution in [0.1, 0.15) is 25.7 Å². The number of fused-ring (bicyclic) bond motifs is 1. The average Bonchev–Trinajstić information content (AvgIpc) is 3.58. The monoisotopic (exact) mass is 409 g/mol. The van der Waals surface area contributed by atoms with Gasteiger partial charge in [0.1, 0.15) is 0 Å². The van der Waals surface area contributed by atoms with Crippen molar-refractivity contribution < 1.29 is 8.42 Å². The zero-order chi connectivity index (χ0) is 19.8. The smallest absolute Gasteiger partial charge is 0.208 e. The molecule has 1 aromatic carbocycles. The van der Waals surface area contributed by atoms with Crippen molar-refractivity contribution in [3.05, 3.63) is 53.2 Å². The van der Waals surface area contributed by atoms with Crippen molar-refractivity contribution in [2.24, 2.45) is 5.92 Å². The van der Waals surface area contributed by atoms with E-state index < -0.39 is 9.84 Å². The Kier molecular flexibility index (Phi) is 4.92. The number of sulfone groups is 1. The van der Waals surface area contributed by atoms with Gasteiger partial charge in [-0.05, 0) is 55.0 Å². The van der Waals surface area contributed by atoms with Crippen LogP contribution in [-0.4, -0.2) is 55.9 Å². The fourth-order valence-electron chi connectivity index (χ4n) is 4.40. The van der Waals surface area contributed by atoms with E-state index in [1.165, 1.54) is 31.3 Å². The Morgan fingerprint density at radius 3 is 2.48 bits per heavy atom. The maximum absolute atomic E-state index is 13.0. The maximum atomic E-state index is 13.0. The molecule has 2 aliphatic carbocycles. The second kappa shape index (κ2) is 7.58. The molecule has 0 atom stereocenters. The third kappa shape index (κ3) is 3.83. The molecule has 0 radical (unpaired) electrons. The van der Waals surface area contributed by atoms with Gasteiger partial charge in [0.25, 0.3) is 0 Å². The Hall–Kier alpha value is -2.18. The summed E-state index contributed by atoms with van der Waals surface area (Å²) in [5.41, 5.74) is 1.28. The first-order valence-corrected chi connectivity index (χ1v) is 12.1. The molecule has 0 bridgehead atoms. The third-order valence-corrected chi connectivity index (χ3v) is 7.98. The summed E-state index contributed by atoms with van der Waals surface area (Å²) >= 11 is 0. The normalized spacial score (nSPS) is 20.3. The molecule has 1 aliphatic heterocycles. The molecule has 1 aromatic heterocycles. The minimum atomic E-state index is -3.54. The van der Waals surface area contributed by atoms with Crippen LogP contribution in [0.2, 0.25) is 0 Å². The highest BCUT2D eigenvalue weighted by atomic mass is 32.2. The molecule has 2 aromatic rings. The first kappa shape index (κ1) is 18.8. The summed E-state index contributed by atoms with van der Waals surface area (Å²) in [6, 6.07) is 10.4. The highest BCUT2D eigenvalue weighted by Crippen LogP contribution is 2.30. The summed E-state index contributed by atoms with van der Waals surface area (Å²) in [4.78, 5) is 10.3. The van der Waals surface area contributed by atoms with Crippen LogP contribution in [0.15, 0.2) is 52.4 Å². The van der Waals surface area contributed by atoms with Gasteiger partial charge in [0.05, 0.1) is 15.1 Å². The Morgan fingerprint density at radius 1 is 1.00 bits per heavy atom. The van der Waals surface area contributed by atoms with Crippen molar-refractivity contribution in [1.82, 2.24) is 14.8 Å². The van der Waals surface area contributed by atoms with Gasteiger partial charge >= 0.3 is 0 Å². The molecule has 29 heavy (non-hydrogen) atoms. The summed E-state index contributed by atoms with van der Waals surface area (Å²) in [7, 11) is -3.54. The number of benzene rings is 1. The van der Waals surface area contributed by atoms with Gasteiger partial charge in [-0.3, -0.25) is 9.88 Å². The third-order valence-electron chi connectivity index (χ3n) is 6.24. The van der Waals surface area contributed by atoms with Crippen LogP contribution in [0.3, 0.4) is 0 Å². The molecule has 2 heterocycles. The fraction of sp³-hybridized carbons (Fsp3) is 0.435. The SMILES string of the molecule is O=S(=O)(c1ccccc1)c1cnc2c(c1)=CCCC=2N1CCN(CC2CC2)CC1. The van der Waals surface area contributed by atoms with E-state index in [1.54, 1.807) is 30.3 Å². The van der Waals surface area contributed by atoms with E-state index in [2.05, 4.69) is 20.9 Å². The van der Waals surface area contributed by atoms with Gasteiger partial charge in [0, 0.05) is 44.6 Å². The van der Waals surface area contributed by atoms with Crippen LogP contribution in [0.4, 0.5) is 0 Å². The van der Waals surface area contributed by atoms with Gasteiger partial charge in [-0.25, -0.2) is 8.42 Å². The van der Waals surface area contributed by atoms with Gasteiger partial charge in [-0.15, -0.1) is 0 Å². The summed E-state index contributed by atoms with van der Waals surface area (Å²) in [6.07, 6.45) is 8.37. The Bertz CT molecular complexity index is 1120. The minimum Gasteiger partial charge on any atom is -0.370 e. The Morgan fingerprint density at radius 2 is 1.76 bits per heavy atom. The number of hydrogen-bond donors (Lipinski definition) is 0. The van der Waals surface area contributed by atoms with Crippen LogP contribution in [0.25, 0.3) is 11.8 Å². The van der Waals surface area contributed by atoms with Crippen molar-refractivity contribution in [1.29, 1.82) is 0 Å². The highest BCUT2D eigenvalue weighted by Gasteiger charge is 2.27. The minimum absolute atomic E-state index is 0.272. The lowest BCUT2D eigenvalue weighted by Gasteiger charge is -2.37. The van der Waals surface area contributed by atoms with E-state index in [0.717, 1.165) is 55.5 Å². The lowest BCUT2D eigenvalue weighted by Crippen LogP contribution is -2.49. The summed E-state index contributed by atoms with van der Waals surface area (Å²) in [5, 5.41) is 1.91. The van der Waals surface area contributed by atoms with Crippen molar-refractivity contribution in [2.75, 3.05) is 32.7 Å². The molecule has 5 rings (SSSR count). The van der Waals surface area contributed by atoms with Gasteiger partial charge in [-0.1, -0.05) is 24.3 Å². The largest absolute Gasteiger partial charge is 0.370 e. The van der Waals surface area contributed by atoms with Gasteiger partial charge in [-0.2, -0.15) is 0 Å². The van der Waals surface area contributed by atoms with E-state index in [1.807, 2.05) is 6.07 Å². The second-order valence-electron chi connectivity index (χ2n) is 8.35. The molecule has 1 saturated heterocycles. The first-order valence-electron chi connectivity index (χ1n) is 10.6. The maximum Gasteiger partial charge on any atom is 0.208 e. The van der Waals surface area contributed by atoms with E-state index in [9.17, 15) is 8.42 Å². The molecule has 0 spiro atoms. The van der Waals surface area contributed by atoms with E-state index in [-0.39, 0.29) is 4.90 Å². The molecular formula is C23H27N3O2S. The molecule has 2 fully saturated rings. The molecule has 0 amide bonds. The predicted molar refractivity (Wildman–Crippen MR) is 113 cm³/mol. The van der Waals surface area contributed by atoms with Crippen LogP contribution in [0.5, 0.6) is 0 Å². The van der Waals surface area contributed by atoms with E-state index >= 15 is 0 Å². The van der Waals surface area contributed by atoms with Crippen molar-refractivity contribution in [3.63, 3.8) is 0 Å². The Labute approximate surface area is 172 Å². The van der Waals surface area contributed by atoms with E-state index in [0.29, 0.717) is 4.90 Å². The van der Waals surface area contributed by atoms with E-state index in [4.69, 9.17) is 0 Å². The average molecular weight is 410 g/mol. The zero-order valence-electron chi connectivity index (χ0n) is 16.6. The lowest BCUT2D eigenvalue weighted by molar-refractivity contribution is 0.166. The number of rotatable bonds is 5. The predicted octanol–water partition coefficient (Wildman–Crippen LogP) is 1.62. The molecule has 3 aliphatic rings. The number of pyridine rings is 1. The number of nitrogens with zero attached hydrogens (tertiary/aromatic N) is 3. The molecule has 152 valence electrons. The topological polar surface area (TPSA) is 53.5 Å². The molecule has 6 heteroatoms. The lowest BCUT2D eigenvalue weighted by atomic mass is 10.1. The number of aromatic nitrogens is 1. The van der Waals surface area contributed by atoms with Crippen LogP contribution >= 0.6 is 0 Å². The van der Waals surface area contributed by atoms with Crippen molar-refractivity contribution in [3.8, 4) is 0 Å². The molecule has 1 saturated carbocycles. The Balaban J connectivity index is 1.43. The summed E-state index contributed by atoms with van der Waals surface area (Å²) in [6.45, 7) is 5.55. The first-order chi connectivity index (χ1) is 14.1. The second-order valence-corrected chi connectivity index (χ2v) is 10.3. The summed E-state index contributed by atoms with van der Waals surface area (Å²) in [5.74, 6) is 0.936. The standard InChI is InChI=1S/C23H27N3O2S/c27-29(28,20-6-2-1-3-7-20)21-15-19-5-4-8-22(23(19)24-16-21)26-13-11-25(12-14-26)17-18-9-10-18/h1-3,5-7,15-16,18H,4,8-14,17H2. The van der Waals surface area contributed by atoms with Crippen LogP contribution < -0.4 is 10.6 Å². The summed E-state index contributed by atoms with van der Waals surface area (Å²) < 4.78 is 25.9. The molecular weight excluding hydrogens is 382 g/mol. The fourth-order valence-corrected chi connectivity index (χ4v) is 5.66. The zero-order valence-corrected chi connectivity index (χ0v) is 17.4. The van der Waals surface area contributed by atoms with Crippen LogP contribution in [0, 0.1) is 5.92 Å². The molecule has 0 N–H and O–H groups in total. The number of piperazine rings is 1.